The van der Waals surface area contributed by atoms with Crippen molar-refractivity contribution in [3.05, 3.63) is 34.8 Å². The van der Waals surface area contributed by atoms with Gasteiger partial charge in [0, 0.05) is 0 Å². The molecule has 2 nitrogen and oxygen atoms in total. The first kappa shape index (κ1) is 9.51. The van der Waals surface area contributed by atoms with E-state index < -0.39 is 11.7 Å². The summed E-state index contributed by atoms with van der Waals surface area (Å²) in [6.07, 6.45) is -1.51. The predicted octanol–water partition coefficient (Wildman–Crippen LogP) is 3.12. The van der Waals surface area contributed by atoms with Gasteiger partial charge in [0.25, 0.3) is 0 Å². The molecule has 14 heavy (non-hydrogen) atoms. The van der Waals surface area contributed by atoms with E-state index in [1.165, 1.54) is 16.9 Å². The maximum Gasteiger partial charge on any atom is 0.416 e. The smallest absolute Gasteiger partial charge is 0.293 e. The second-order valence-corrected chi connectivity index (χ2v) is 3.57. The Bertz CT molecular complexity index is 475. The molecule has 0 unspecified atom stereocenters. The van der Waals surface area contributed by atoms with Crippen LogP contribution in [0.25, 0.3) is 5.52 Å². The van der Waals surface area contributed by atoms with E-state index in [1.54, 1.807) is 0 Å². The number of fused-ring (bicyclic) bond motifs is 1. The molecular weight excluding hydrogens is 261 g/mol. The van der Waals surface area contributed by atoms with Gasteiger partial charge in [-0.15, -0.1) is 0 Å². The van der Waals surface area contributed by atoms with Crippen molar-refractivity contribution in [2.75, 3.05) is 0 Å². The van der Waals surface area contributed by atoms with Gasteiger partial charge in [-0.1, -0.05) is 0 Å². The van der Waals surface area contributed by atoms with Crippen molar-refractivity contribution < 1.29 is 13.2 Å². The second-order valence-electron chi connectivity index (χ2n) is 2.75. The van der Waals surface area contributed by atoms with Crippen molar-refractivity contribution in [3.8, 4) is 0 Å². The number of nitrogens with zero attached hydrogens (tertiary/aromatic N) is 2. The third kappa shape index (κ3) is 1.50. The first-order chi connectivity index (χ1) is 6.48. The van der Waals surface area contributed by atoms with Gasteiger partial charge in [0.15, 0.2) is 0 Å². The number of imidazole rings is 1. The van der Waals surface area contributed by atoms with Crippen LogP contribution in [0, 0.1) is 0 Å². The molecule has 0 aliphatic heterocycles. The zero-order chi connectivity index (χ0) is 10.3. The summed E-state index contributed by atoms with van der Waals surface area (Å²) >= 11 is 3.04. The fourth-order valence-electron chi connectivity index (χ4n) is 1.15. The highest BCUT2D eigenvalue weighted by Crippen LogP contribution is 2.31. The molecule has 0 saturated heterocycles. The van der Waals surface area contributed by atoms with Crippen LogP contribution in [0.3, 0.4) is 0 Å². The van der Waals surface area contributed by atoms with E-state index in [4.69, 9.17) is 0 Å². The normalized spacial score (nSPS) is 12.3. The molecule has 0 saturated carbocycles. The number of hydrogen-bond acceptors (Lipinski definition) is 1. The first-order valence-electron chi connectivity index (χ1n) is 3.67. The van der Waals surface area contributed by atoms with Crippen LogP contribution >= 0.6 is 15.9 Å². The summed E-state index contributed by atoms with van der Waals surface area (Å²) in [5.41, 5.74) is -0.274. The molecule has 0 N–H and O–H groups in total. The molecule has 0 spiro atoms. The van der Waals surface area contributed by atoms with Crippen LogP contribution in [0.2, 0.25) is 0 Å². The zero-order valence-electron chi connectivity index (χ0n) is 6.72. The monoisotopic (exact) mass is 264 g/mol. The molecule has 0 bridgehead atoms. The fourth-order valence-corrected chi connectivity index (χ4v) is 1.70. The number of halogens is 4. The van der Waals surface area contributed by atoms with E-state index in [9.17, 15) is 13.2 Å². The van der Waals surface area contributed by atoms with Crippen LogP contribution in [-0.4, -0.2) is 9.38 Å². The molecule has 0 fully saturated rings. The highest BCUT2D eigenvalue weighted by Gasteiger charge is 2.31. The van der Waals surface area contributed by atoms with Crippen LogP contribution in [-0.2, 0) is 6.18 Å². The number of aromatic nitrogens is 2. The van der Waals surface area contributed by atoms with Gasteiger partial charge < -0.3 is 0 Å². The van der Waals surface area contributed by atoms with Gasteiger partial charge in [-0.25, -0.2) is 4.98 Å². The van der Waals surface area contributed by atoms with Crippen molar-refractivity contribution in [1.29, 1.82) is 0 Å². The van der Waals surface area contributed by atoms with E-state index in [2.05, 4.69) is 20.9 Å². The maximum absolute atomic E-state index is 12.4. The van der Waals surface area contributed by atoms with Crippen LogP contribution in [0.1, 0.15) is 5.56 Å². The Hall–Kier alpha value is -1.04. The lowest BCUT2D eigenvalue weighted by atomic mass is 10.2. The summed E-state index contributed by atoms with van der Waals surface area (Å²) < 4.78 is 38.9. The van der Waals surface area contributed by atoms with Gasteiger partial charge in [0.2, 0.25) is 0 Å². The Kier molecular flexibility index (Phi) is 2.02. The van der Waals surface area contributed by atoms with Crippen molar-refractivity contribution in [3.63, 3.8) is 0 Å². The highest BCUT2D eigenvalue weighted by molar-refractivity contribution is 9.10. The van der Waals surface area contributed by atoms with Crippen molar-refractivity contribution >= 4 is 21.4 Å². The minimum absolute atomic E-state index is 0.333. The molecule has 2 rings (SSSR count). The standard InChI is InChI=1S/C8H4BrF3N2/c9-7-2-5(8(10,11)12)1-6-3-13-4-14(6)7/h1-4H. The summed E-state index contributed by atoms with van der Waals surface area (Å²) in [5.74, 6) is 0. The van der Waals surface area contributed by atoms with Gasteiger partial charge >= 0.3 is 6.18 Å². The summed E-state index contributed by atoms with van der Waals surface area (Å²) in [4.78, 5) is 3.75. The summed E-state index contributed by atoms with van der Waals surface area (Å²) in [5, 5.41) is 0. The molecule has 2 aromatic rings. The molecule has 0 radical (unpaired) electrons. The van der Waals surface area contributed by atoms with Gasteiger partial charge in [0.1, 0.15) is 6.33 Å². The molecule has 0 amide bonds. The van der Waals surface area contributed by atoms with E-state index in [0.717, 1.165) is 12.1 Å². The largest absolute Gasteiger partial charge is 0.416 e. The molecule has 0 aliphatic carbocycles. The fraction of sp³-hybridized carbons (Fsp3) is 0.125. The van der Waals surface area contributed by atoms with Crippen molar-refractivity contribution in [1.82, 2.24) is 9.38 Å². The first-order valence-corrected chi connectivity index (χ1v) is 4.46. The lowest BCUT2D eigenvalue weighted by molar-refractivity contribution is -0.137. The topological polar surface area (TPSA) is 17.3 Å². The van der Waals surface area contributed by atoms with Gasteiger partial charge in [-0.3, -0.25) is 4.40 Å². The molecule has 0 atom stereocenters. The van der Waals surface area contributed by atoms with E-state index in [1.807, 2.05) is 0 Å². The van der Waals surface area contributed by atoms with E-state index in [0.29, 0.717) is 10.1 Å². The lowest BCUT2D eigenvalue weighted by Gasteiger charge is -2.07. The molecule has 0 aliphatic rings. The average Bonchev–Trinajstić information content (AvgIpc) is 2.50. The van der Waals surface area contributed by atoms with Crippen molar-refractivity contribution in [2.24, 2.45) is 0 Å². The predicted molar refractivity (Wildman–Crippen MR) is 47.9 cm³/mol. The Morgan fingerprint density at radius 2 is 2.00 bits per heavy atom. The second kappa shape index (κ2) is 2.98. The zero-order valence-corrected chi connectivity index (χ0v) is 8.30. The summed E-state index contributed by atoms with van der Waals surface area (Å²) in [6.45, 7) is 0. The van der Waals surface area contributed by atoms with Gasteiger partial charge in [0.05, 0.1) is 21.9 Å². The minimum atomic E-state index is -4.32. The Morgan fingerprint density at radius 3 is 2.64 bits per heavy atom. The van der Waals surface area contributed by atoms with Gasteiger partial charge in [-0.2, -0.15) is 13.2 Å². The Labute approximate surface area is 85.5 Å². The number of alkyl halides is 3. The lowest BCUT2D eigenvalue weighted by Crippen LogP contribution is -2.05. The molecule has 2 aromatic heterocycles. The Balaban J connectivity index is 2.70. The molecule has 0 aromatic carbocycles. The molecular formula is C8H4BrF3N2. The Morgan fingerprint density at radius 1 is 1.29 bits per heavy atom. The third-order valence-electron chi connectivity index (χ3n) is 1.80. The summed E-state index contributed by atoms with van der Waals surface area (Å²) in [6, 6.07) is 2.08. The van der Waals surface area contributed by atoms with Gasteiger partial charge in [-0.05, 0) is 28.1 Å². The molecule has 74 valence electrons. The molecule has 6 heteroatoms. The maximum atomic E-state index is 12.4. The SMILES string of the molecule is FC(F)(F)c1cc(Br)n2cncc2c1. The third-order valence-corrected chi connectivity index (χ3v) is 2.41. The minimum Gasteiger partial charge on any atom is -0.293 e. The van der Waals surface area contributed by atoms with Crippen LogP contribution in [0.15, 0.2) is 29.3 Å². The van der Waals surface area contributed by atoms with E-state index >= 15 is 0 Å². The molecule has 2 heterocycles. The van der Waals surface area contributed by atoms with Crippen molar-refractivity contribution in [2.45, 2.75) is 6.18 Å². The highest BCUT2D eigenvalue weighted by atomic mass is 79.9. The quantitative estimate of drug-likeness (QED) is 0.669. The van der Waals surface area contributed by atoms with E-state index in [-0.39, 0.29) is 0 Å². The number of rotatable bonds is 0. The van der Waals surface area contributed by atoms with Crippen LogP contribution < -0.4 is 0 Å². The van der Waals surface area contributed by atoms with Crippen LogP contribution in [0.4, 0.5) is 13.2 Å². The van der Waals surface area contributed by atoms with Crippen LogP contribution in [0.5, 0.6) is 0 Å². The number of pyridine rings is 1. The number of hydrogen-bond donors (Lipinski definition) is 0. The summed E-state index contributed by atoms with van der Waals surface area (Å²) in [7, 11) is 0. The average molecular weight is 265 g/mol.